The van der Waals surface area contributed by atoms with Crippen LogP contribution in [0.5, 0.6) is 0 Å². The Bertz CT molecular complexity index is 3500. The van der Waals surface area contributed by atoms with E-state index in [2.05, 4.69) is 34.9 Å². The largest absolute Gasteiger partial charge is 0.450 e. The lowest BCUT2D eigenvalue weighted by Gasteiger charge is -2.28. The summed E-state index contributed by atoms with van der Waals surface area (Å²) in [5, 5.41) is 4.89. The number of aryl methyl sites for hydroxylation is 2. The number of nitrogens with one attached hydrogen (secondary N) is 1. The molecule has 0 aliphatic carbocycles. The molecule has 0 saturated carbocycles. The number of carbonyl (C=O) groups is 7. The molecule has 89 heavy (non-hydrogen) atoms. The van der Waals surface area contributed by atoms with Crippen LogP contribution in [0, 0.1) is 23.3 Å². The minimum Gasteiger partial charge on any atom is -0.450 e. The topological polar surface area (TPSA) is 236 Å². The smallest absolute Gasteiger partial charge is 0.425 e. The summed E-state index contributed by atoms with van der Waals surface area (Å²) in [6.45, 7) is 26.8. The number of rotatable bonds is 18. The molecule has 0 saturated heterocycles. The van der Waals surface area contributed by atoms with E-state index in [-0.39, 0.29) is 61.9 Å². The van der Waals surface area contributed by atoms with Crippen LogP contribution in [0.2, 0.25) is 25.7 Å². The summed E-state index contributed by atoms with van der Waals surface area (Å²) in [5.74, 6) is -4.49. The third kappa shape index (κ3) is 23.0. The van der Waals surface area contributed by atoms with Crippen LogP contribution < -0.4 is 20.9 Å². The Morgan fingerprint density at radius 2 is 0.876 bits per heavy atom. The number of fused-ring (bicyclic) bond motifs is 2. The zero-order valence-electron chi connectivity index (χ0n) is 53.3. The van der Waals surface area contributed by atoms with E-state index in [1.54, 1.807) is 126 Å². The van der Waals surface area contributed by atoms with E-state index >= 15 is 0 Å². The first-order chi connectivity index (χ1) is 41.2. The van der Waals surface area contributed by atoms with Gasteiger partial charge in [0, 0.05) is 44.1 Å². The molecular formula is C66H82F4N6O12Si. The summed E-state index contributed by atoms with van der Waals surface area (Å²) < 4.78 is 81.4. The number of halogens is 4. The zero-order valence-corrected chi connectivity index (χ0v) is 54.3. The lowest BCUT2D eigenvalue weighted by Crippen LogP contribution is -2.44. The molecule has 2 aromatic heterocycles. The Balaban J connectivity index is 0.000000330. The van der Waals surface area contributed by atoms with E-state index in [9.17, 15) is 51.1 Å². The number of nitrogens with zero attached hydrogens (tertiary/aromatic N) is 4. The predicted octanol–water partition coefficient (Wildman–Crippen LogP) is 14.6. The van der Waals surface area contributed by atoms with Crippen LogP contribution in [0.15, 0.2) is 97.3 Å². The predicted molar refractivity (Wildman–Crippen MR) is 335 cm³/mol. The van der Waals surface area contributed by atoms with Gasteiger partial charge >= 0.3 is 30.5 Å². The van der Waals surface area contributed by atoms with Crippen LogP contribution in [0.3, 0.4) is 0 Å². The van der Waals surface area contributed by atoms with Gasteiger partial charge in [-0.1, -0.05) is 68.2 Å². The summed E-state index contributed by atoms with van der Waals surface area (Å²) >= 11 is 0. The molecule has 5 amide bonds. The van der Waals surface area contributed by atoms with Gasteiger partial charge in [-0.15, -0.1) is 0 Å². The Kier molecular flexibility index (Phi) is 23.9. The molecule has 0 unspecified atom stereocenters. The van der Waals surface area contributed by atoms with Gasteiger partial charge < -0.3 is 34.7 Å². The fraction of sp³-hybridized carbons (Fsp3) is 0.439. The van der Waals surface area contributed by atoms with Gasteiger partial charge in [0.05, 0.1) is 18.7 Å². The number of anilines is 2. The fourth-order valence-corrected chi connectivity index (χ4v) is 9.24. The standard InChI is InChI=1S/C36H47F2N3O7Si.C30H35F2N3O5/c1-35(2,3)47-33(44)41(34(45)48-36(4,5)6)31-26-13-10-23(20-25(26)16-17-39-31)12-15-30(42)29(22-24-11-14-27(37)28(38)21-24)40-32(43)46-18-19-49(7,8)9;1-29(2,3)39-27(37)35(28(38)40-30(4,5)6)26-21-10-7-18(15-20(21)13-14-34-26)9-12-25(36)24(33)17-19-8-11-22(31)23(32)16-19/h10-11,13-14,16-17,20-21,29H,12,15,18-19,22H2,1-9H3,(H,40,43);7-8,10-11,13-16,24H,9,12,17,33H2,1-6H3/t29-;24-/m00/s1. The van der Waals surface area contributed by atoms with Crippen LogP contribution in [0.25, 0.3) is 21.5 Å². The fourth-order valence-electron chi connectivity index (χ4n) is 8.53. The number of hydrogen-bond acceptors (Lipinski definition) is 15. The van der Waals surface area contributed by atoms with Gasteiger partial charge in [-0.05, 0) is 184 Å². The van der Waals surface area contributed by atoms with Gasteiger partial charge in [-0.2, -0.15) is 9.80 Å². The third-order valence-corrected chi connectivity index (χ3v) is 14.4. The van der Waals surface area contributed by atoms with E-state index in [1.807, 2.05) is 6.07 Å². The summed E-state index contributed by atoms with van der Waals surface area (Å²) in [6, 6.07) is 19.6. The van der Waals surface area contributed by atoms with Gasteiger partial charge in [0.25, 0.3) is 0 Å². The highest BCUT2D eigenvalue weighted by Gasteiger charge is 2.37. The van der Waals surface area contributed by atoms with Crippen LogP contribution in [-0.4, -0.2) is 101 Å². The molecular weight excluding hydrogens is 1170 g/mol. The van der Waals surface area contributed by atoms with Crippen LogP contribution in [0.4, 0.5) is 53.2 Å². The number of ether oxygens (including phenoxy) is 5. The molecule has 0 bridgehead atoms. The summed E-state index contributed by atoms with van der Waals surface area (Å²) in [7, 11) is -1.47. The van der Waals surface area contributed by atoms with Gasteiger partial charge in [-0.25, -0.2) is 51.5 Å². The van der Waals surface area contributed by atoms with Gasteiger partial charge in [0.1, 0.15) is 28.2 Å². The molecule has 0 aliphatic rings. The van der Waals surface area contributed by atoms with Crippen molar-refractivity contribution in [2.75, 3.05) is 16.4 Å². The number of hydrogen-bond donors (Lipinski definition) is 2. The number of alkyl carbamates (subject to hydrolysis) is 1. The molecule has 0 radical (unpaired) electrons. The molecule has 0 aliphatic heterocycles. The van der Waals surface area contributed by atoms with Crippen molar-refractivity contribution >= 4 is 83.3 Å². The van der Waals surface area contributed by atoms with E-state index in [1.165, 1.54) is 24.5 Å². The number of carbonyl (C=O) groups excluding carboxylic acids is 7. The van der Waals surface area contributed by atoms with Crippen LogP contribution >= 0.6 is 0 Å². The first-order valence-corrected chi connectivity index (χ1v) is 32.8. The number of amides is 5. The second-order valence-electron chi connectivity index (χ2n) is 26.6. The molecule has 4 aromatic carbocycles. The van der Waals surface area contributed by atoms with Crippen molar-refractivity contribution in [3.8, 4) is 0 Å². The van der Waals surface area contributed by atoms with Gasteiger partial charge in [0.2, 0.25) is 0 Å². The number of pyridine rings is 2. The quantitative estimate of drug-likeness (QED) is 0.0462. The highest BCUT2D eigenvalue weighted by molar-refractivity contribution is 6.76. The summed E-state index contributed by atoms with van der Waals surface area (Å²) in [6.07, 6.45) is -0.770. The van der Waals surface area contributed by atoms with Crippen molar-refractivity contribution < 1.29 is 74.8 Å². The van der Waals surface area contributed by atoms with Crippen molar-refractivity contribution in [2.24, 2.45) is 5.73 Å². The van der Waals surface area contributed by atoms with E-state index in [4.69, 9.17) is 29.4 Å². The lowest BCUT2D eigenvalue weighted by atomic mass is 9.97. The molecule has 2 atom stereocenters. The maximum atomic E-state index is 14.0. The minimum atomic E-state index is -1.47. The maximum Gasteiger partial charge on any atom is 0.425 e. The second kappa shape index (κ2) is 29.8. The molecule has 23 heteroatoms. The molecule has 0 spiro atoms. The number of Topliss-reactive ketones (excluding diaryl/α,β-unsaturated/α-hetero) is 2. The SMILES string of the molecule is CC(C)(C)OC(=O)N(C(=O)OC(C)(C)C)c1nccc2cc(CCC(=O)[C@@H](N)Cc3ccc(F)c(F)c3)ccc12.CC(C)(C)OC(=O)N(C(=O)OC(C)(C)C)c1nccc2cc(CCC(=O)[C@H](Cc3ccc(F)c(F)c3)NC(=O)OCC[Si](C)(C)C)ccc12. The average Bonchev–Trinajstić information content (AvgIpc) is 2.53. The number of imide groups is 2. The van der Waals surface area contributed by atoms with E-state index in [0.717, 1.165) is 51.2 Å². The molecule has 6 aromatic rings. The molecule has 6 rings (SSSR count). The van der Waals surface area contributed by atoms with Crippen molar-refractivity contribution in [3.63, 3.8) is 0 Å². The Hall–Kier alpha value is -8.31. The first-order valence-electron chi connectivity index (χ1n) is 29.1. The van der Waals surface area contributed by atoms with Crippen molar-refractivity contribution in [3.05, 3.63) is 143 Å². The Labute approximate surface area is 518 Å². The minimum absolute atomic E-state index is 0.00885. The average molecular weight is 1260 g/mol. The number of aromatic nitrogens is 2. The Morgan fingerprint density at radius 1 is 0.506 bits per heavy atom. The monoisotopic (exact) mass is 1250 g/mol. The van der Waals surface area contributed by atoms with E-state index in [0.29, 0.717) is 39.1 Å². The number of benzene rings is 4. The molecule has 3 N–H and O–H groups in total. The number of ketones is 2. The molecule has 0 fully saturated rings. The van der Waals surface area contributed by atoms with E-state index < -0.39 is 96.3 Å². The normalized spacial score (nSPS) is 12.6. The second-order valence-corrected chi connectivity index (χ2v) is 32.2. The third-order valence-electron chi connectivity index (χ3n) is 12.7. The van der Waals surface area contributed by atoms with Gasteiger partial charge in [-0.3, -0.25) is 9.59 Å². The number of nitrogens with two attached hydrogens (primary N) is 1. The highest BCUT2D eigenvalue weighted by atomic mass is 28.3. The first kappa shape index (κ1) is 71.4. The Morgan fingerprint density at radius 3 is 1.25 bits per heavy atom. The van der Waals surface area contributed by atoms with Gasteiger partial charge in [0.15, 0.2) is 40.7 Å². The lowest BCUT2D eigenvalue weighted by molar-refractivity contribution is -0.121. The van der Waals surface area contributed by atoms with Crippen molar-refractivity contribution in [2.45, 2.75) is 182 Å². The highest BCUT2D eigenvalue weighted by Crippen LogP contribution is 2.31. The van der Waals surface area contributed by atoms with Crippen LogP contribution in [-0.2, 0) is 59.0 Å². The summed E-state index contributed by atoms with van der Waals surface area (Å²) in [5.41, 5.74) is 4.83. The molecule has 18 nitrogen and oxygen atoms in total. The molecule has 480 valence electrons. The molecule has 2 heterocycles. The maximum absolute atomic E-state index is 14.0. The van der Waals surface area contributed by atoms with Crippen LogP contribution in [0.1, 0.15) is 118 Å². The zero-order chi connectivity index (χ0) is 66.6. The van der Waals surface area contributed by atoms with Crippen molar-refractivity contribution in [1.82, 2.24) is 15.3 Å². The van der Waals surface area contributed by atoms with Crippen molar-refractivity contribution in [1.29, 1.82) is 0 Å². The summed E-state index contributed by atoms with van der Waals surface area (Å²) in [4.78, 5) is 102.